The number of amides is 2. The number of halogens is 1. The maximum atomic E-state index is 14.5. The molecule has 2 heterocycles. The summed E-state index contributed by atoms with van der Waals surface area (Å²) >= 11 is 0. The van der Waals surface area contributed by atoms with Crippen LogP contribution in [0, 0.1) is 11.7 Å². The van der Waals surface area contributed by atoms with E-state index in [1.54, 1.807) is 26.2 Å². The quantitative estimate of drug-likeness (QED) is 0.622. The van der Waals surface area contributed by atoms with Crippen molar-refractivity contribution >= 4 is 23.3 Å². The van der Waals surface area contributed by atoms with Crippen LogP contribution in [0.15, 0.2) is 24.4 Å². The van der Waals surface area contributed by atoms with Crippen LogP contribution in [0.25, 0.3) is 0 Å². The van der Waals surface area contributed by atoms with Crippen LogP contribution in [-0.2, 0) is 11.2 Å². The first-order valence-corrected chi connectivity index (χ1v) is 11.5. The average molecular weight is 467 g/mol. The first-order valence-electron chi connectivity index (χ1n) is 11.5. The van der Waals surface area contributed by atoms with Gasteiger partial charge in [-0.15, -0.1) is 0 Å². The van der Waals surface area contributed by atoms with Gasteiger partial charge in [0.1, 0.15) is 17.1 Å². The Labute approximate surface area is 196 Å². The van der Waals surface area contributed by atoms with Crippen LogP contribution in [0.1, 0.15) is 52.0 Å². The lowest BCUT2D eigenvalue weighted by atomic mass is 10.1. The number of Topliss-reactive ketones (excluding diaryl/α,β-unsaturated/α-hetero) is 1. The molecule has 2 amide bonds. The number of hydrogen-bond acceptors (Lipinski definition) is 6. The van der Waals surface area contributed by atoms with Gasteiger partial charge in [-0.05, 0) is 48.9 Å². The van der Waals surface area contributed by atoms with E-state index in [0.717, 1.165) is 12.8 Å². The molecule has 8 nitrogen and oxygen atoms in total. The minimum atomic E-state index is -0.811. The molecule has 3 aliphatic rings. The van der Waals surface area contributed by atoms with Gasteiger partial charge in [0.25, 0.3) is 11.8 Å². The maximum Gasteiger partial charge on any atom is 0.268 e. The number of carbonyl (C=O) groups excluding carboxylic acids is 3. The second-order valence-corrected chi connectivity index (χ2v) is 9.24. The summed E-state index contributed by atoms with van der Waals surface area (Å²) in [6, 6.07) is 4.44. The van der Waals surface area contributed by atoms with Gasteiger partial charge in [-0.1, -0.05) is 0 Å². The van der Waals surface area contributed by atoms with Crippen molar-refractivity contribution in [1.82, 2.24) is 9.88 Å². The zero-order valence-corrected chi connectivity index (χ0v) is 19.2. The second-order valence-electron chi connectivity index (χ2n) is 9.24. The standard InChI is InChI=1S/C25H26FN3O5/c1-28(2)24(31)19-11-16(12-27-23(19)33-13-14-3-4-14)34-22-7-8-29(25(22)32)15-9-18-17(20(26)10-15)5-6-21(18)30/h9-12,14,22H,3-8,13H2,1-2H3/t22-/m1/s1. The number of rotatable bonds is 7. The van der Waals surface area contributed by atoms with E-state index >= 15 is 0 Å². The third kappa shape index (κ3) is 4.22. The van der Waals surface area contributed by atoms with Crippen LogP contribution in [0.4, 0.5) is 10.1 Å². The van der Waals surface area contributed by atoms with Crippen molar-refractivity contribution in [2.24, 2.45) is 5.92 Å². The molecule has 0 bridgehead atoms. The number of ether oxygens (including phenoxy) is 2. The molecule has 1 aromatic heterocycles. The molecule has 1 saturated heterocycles. The number of ketones is 1. The van der Waals surface area contributed by atoms with E-state index < -0.39 is 11.9 Å². The van der Waals surface area contributed by atoms with Gasteiger partial charge in [0.2, 0.25) is 5.88 Å². The van der Waals surface area contributed by atoms with Crippen LogP contribution >= 0.6 is 0 Å². The monoisotopic (exact) mass is 467 g/mol. The molecule has 0 radical (unpaired) electrons. The molecule has 2 fully saturated rings. The maximum absolute atomic E-state index is 14.5. The van der Waals surface area contributed by atoms with Crippen LogP contribution in [0.2, 0.25) is 0 Å². The van der Waals surface area contributed by atoms with Gasteiger partial charge in [0, 0.05) is 44.7 Å². The molecule has 2 aromatic rings. The van der Waals surface area contributed by atoms with E-state index in [-0.39, 0.29) is 41.2 Å². The number of nitrogens with zero attached hydrogens (tertiary/aromatic N) is 3. The third-order valence-corrected chi connectivity index (χ3v) is 6.44. The van der Waals surface area contributed by atoms with E-state index in [0.29, 0.717) is 48.7 Å². The fourth-order valence-electron chi connectivity index (χ4n) is 4.33. The SMILES string of the molecule is CN(C)C(=O)c1cc(O[C@@H]2CCN(c3cc(F)c4c(c3)C(=O)CC4)C2=O)cnc1OCC1CC1. The van der Waals surface area contributed by atoms with E-state index in [1.807, 2.05) is 0 Å². The molecule has 1 aliphatic heterocycles. The van der Waals surface area contributed by atoms with Gasteiger partial charge in [0.15, 0.2) is 11.9 Å². The predicted octanol–water partition coefficient (Wildman–Crippen LogP) is 3.02. The number of aromatic nitrogens is 1. The van der Waals surface area contributed by atoms with Gasteiger partial charge in [0.05, 0.1) is 12.8 Å². The fraction of sp³-hybridized carbons (Fsp3) is 0.440. The first kappa shape index (κ1) is 22.3. The van der Waals surface area contributed by atoms with E-state index in [2.05, 4.69) is 4.98 Å². The summed E-state index contributed by atoms with van der Waals surface area (Å²) in [5.74, 6) is -0.158. The van der Waals surface area contributed by atoms with Gasteiger partial charge in [-0.25, -0.2) is 9.37 Å². The lowest BCUT2D eigenvalue weighted by molar-refractivity contribution is -0.122. The highest BCUT2D eigenvalue weighted by molar-refractivity contribution is 6.04. The minimum Gasteiger partial charge on any atom is -0.479 e. The summed E-state index contributed by atoms with van der Waals surface area (Å²) in [5, 5.41) is 0. The fourth-order valence-corrected chi connectivity index (χ4v) is 4.33. The zero-order chi connectivity index (χ0) is 24.0. The Kier molecular flexibility index (Phi) is 5.71. The van der Waals surface area contributed by atoms with E-state index in [1.165, 1.54) is 22.1 Å². The summed E-state index contributed by atoms with van der Waals surface area (Å²) in [6.07, 6.45) is 3.91. The van der Waals surface area contributed by atoms with E-state index in [4.69, 9.17) is 9.47 Å². The molecule has 34 heavy (non-hydrogen) atoms. The third-order valence-electron chi connectivity index (χ3n) is 6.44. The van der Waals surface area contributed by atoms with Crippen molar-refractivity contribution in [3.8, 4) is 11.6 Å². The predicted molar refractivity (Wildman–Crippen MR) is 121 cm³/mol. The Bertz CT molecular complexity index is 1180. The Hall–Kier alpha value is -3.49. The number of anilines is 1. The topological polar surface area (TPSA) is 89.0 Å². The summed E-state index contributed by atoms with van der Waals surface area (Å²) in [6.45, 7) is 0.840. The highest BCUT2D eigenvalue weighted by atomic mass is 19.1. The molecule has 0 spiro atoms. The van der Waals surface area contributed by atoms with Crippen molar-refractivity contribution < 1.29 is 28.2 Å². The Balaban J connectivity index is 1.34. The zero-order valence-electron chi connectivity index (χ0n) is 19.2. The average Bonchev–Trinajstić information content (AvgIpc) is 3.48. The second kappa shape index (κ2) is 8.70. The molecule has 0 unspecified atom stereocenters. The van der Waals surface area contributed by atoms with E-state index in [9.17, 15) is 18.8 Å². The van der Waals surface area contributed by atoms with Crippen LogP contribution in [0.3, 0.4) is 0 Å². The largest absolute Gasteiger partial charge is 0.479 e. The highest BCUT2D eigenvalue weighted by Gasteiger charge is 2.36. The van der Waals surface area contributed by atoms with Gasteiger partial charge >= 0.3 is 0 Å². The highest BCUT2D eigenvalue weighted by Crippen LogP contribution is 2.33. The molecule has 2 aliphatic carbocycles. The number of benzene rings is 1. The number of carbonyl (C=O) groups is 3. The molecule has 9 heteroatoms. The van der Waals surface area contributed by atoms with Gasteiger partial charge < -0.3 is 19.3 Å². The molecule has 1 saturated carbocycles. The molecular formula is C25H26FN3O5. The summed E-state index contributed by atoms with van der Waals surface area (Å²) in [4.78, 5) is 45.0. The van der Waals surface area contributed by atoms with Crippen molar-refractivity contribution in [2.75, 3.05) is 32.1 Å². The molecule has 5 rings (SSSR count). The van der Waals surface area contributed by atoms with Crippen LogP contribution in [0.5, 0.6) is 11.6 Å². The Morgan fingerprint density at radius 1 is 1.18 bits per heavy atom. The van der Waals surface area contributed by atoms with Crippen LogP contribution < -0.4 is 14.4 Å². The lowest BCUT2D eigenvalue weighted by Gasteiger charge is -2.19. The Morgan fingerprint density at radius 3 is 2.71 bits per heavy atom. The van der Waals surface area contributed by atoms with Gasteiger partial charge in [-0.3, -0.25) is 14.4 Å². The van der Waals surface area contributed by atoms with Crippen LogP contribution in [-0.4, -0.2) is 60.8 Å². The lowest BCUT2D eigenvalue weighted by Crippen LogP contribution is -2.32. The molecular weight excluding hydrogens is 441 g/mol. The van der Waals surface area contributed by atoms with Crippen molar-refractivity contribution in [3.63, 3.8) is 0 Å². The molecule has 0 N–H and O–H groups in total. The number of pyridine rings is 1. The smallest absolute Gasteiger partial charge is 0.268 e. The Morgan fingerprint density at radius 2 is 1.97 bits per heavy atom. The number of fused-ring (bicyclic) bond motifs is 1. The molecule has 178 valence electrons. The molecule has 1 atom stereocenters. The summed E-state index contributed by atoms with van der Waals surface area (Å²) < 4.78 is 26.2. The normalized spacial score (nSPS) is 19.4. The summed E-state index contributed by atoms with van der Waals surface area (Å²) in [7, 11) is 3.28. The summed E-state index contributed by atoms with van der Waals surface area (Å²) in [5.41, 5.74) is 1.39. The first-order chi connectivity index (χ1) is 16.3. The molecule has 1 aromatic carbocycles. The minimum absolute atomic E-state index is 0.108. The number of hydrogen-bond donors (Lipinski definition) is 0. The van der Waals surface area contributed by atoms with Crippen molar-refractivity contribution in [1.29, 1.82) is 0 Å². The van der Waals surface area contributed by atoms with Crippen molar-refractivity contribution in [3.05, 3.63) is 46.9 Å². The van der Waals surface area contributed by atoms with Gasteiger partial charge in [-0.2, -0.15) is 0 Å². The van der Waals surface area contributed by atoms with Crippen molar-refractivity contribution in [2.45, 2.75) is 38.2 Å².